The Morgan fingerprint density at radius 2 is 1.83 bits per heavy atom. The summed E-state index contributed by atoms with van der Waals surface area (Å²) in [6, 6.07) is 7.72. The van der Waals surface area contributed by atoms with Crippen LogP contribution in [0.2, 0.25) is 0 Å². The fourth-order valence-electron chi connectivity index (χ4n) is 3.88. The molecule has 7 heteroatoms. The van der Waals surface area contributed by atoms with E-state index in [1.54, 1.807) is 0 Å². The third-order valence-electron chi connectivity index (χ3n) is 5.84. The molecule has 1 amide bonds. The quantitative estimate of drug-likeness (QED) is 0.795. The highest BCUT2D eigenvalue weighted by Crippen LogP contribution is 2.36. The maximum absolute atomic E-state index is 12.9. The summed E-state index contributed by atoms with van der Waals surface area (Å²) in [6.45, 7) is 9.28. The lowest BCUT2D eigenvalue weighted by Crippen LogP contribution is -2.44. The minimum atomic E-state index is -3.72. The van der Waals surface area contributed by atoms with Crippen LogP contribution in [0.1, 0.15) is 57.6 Å². The summed E-state index contributed by atoms with van der Waals surface area (Å²) in [4.78, 5) is 14.8. The van der Waals surface area contributed by atoms with Gasteiger partial charge in [-0.15, -0.1) is 4.40 Å². The summed E-state index contributed by atoms with van der Waals surface area (Å²) in [5, 5.41) is 3.06. The number of carbonyl (C=O) groups excluding carboxylic acids is 1. The van der Waals surface area contributed by atoms with Crippen molar-refractivity contribution in [2.24, 2.45) is 10.3 Å². The van der Waals surface area contributed by atoms with Crippen LogP contribution in [0.4, 0.5) is 0 Å². The van der Waals surface area contributed by atoms with Gasteiger partial charge < -0.3 is 10.2 Å². The Hall–Kier alpha value is -2.15. The number of carbonyl (C=O) groups is 1. The number of benzene rings is 1. The lowest BCUT2D eigenvalue weighted by Gasteiger charge is -2.33. The van der Waals surface area contributed by atoms with E-state index in [2.05, 4.69) is 16.6 Å². The molecule has 29 heavy (non-hydrogen) atoms. The Labute approximate surface area is 174 Å². The van der Waals surface area contributed by atoms with Crippen molar-refractivity contribution in [3.05, 3.63) is 41.0 Å². The minimum absolute atomic E-state index is 0.0236. The van der Waals surface area contributed by atoms with Gasteiger partial charge in [-0.05, 0) is 45.1 Å². The van der Waals surface area contributed by atoms with Crippen LogP contribution in [0.5, 0.6) is 0 Å². The van der Waals surface area contributed by atoms with Crippen LogP contribution in [0.25, 0.3) is 4.91 Å². The molecule has 0 spiro atoms. The predicted octanol–water partition coefficient (Wildman–Crippen LogP) is 3.48. The number of amides is 1. The van der Waals surface area contributed by atoms with Gasteiger partial charge in [0.2, 0.25) is 5.91 Å². The molecule has 1 aromatic carbocycles. The van der Waals surface area contributed by atoms with Crippen LogP contribution in [0.15, 0.2) is 34.2 Å². The number of nitrogens with one attached hydrogen (secondary N) is 1. The molecule has 0 aliphatic carbocycles. The number of sulfonamides is 1. The Morgan fingerprint density at radius 3 is 2.38 bits per heavy atom. The molecular weight excluding hydrogens is 386 g/mol. The summed E-state index contributed by atoms with van der Waals surface area (Å²) in [5.41, 5.74) is 2.55. The first kappa shape index (κ1) is 21.6. The number of nitrogens with zero attached hydrogens (tertiary/aromatic N) is 2. The number of rotatable bonds is 5. The molecule has 1 aromatic rings. The van der Waals surface area contributed by atoms with E-state index < -0.39 is 10.0 Å². The third-order valence-corrected chi connectivity index (χ3v) is 7.25. The predicted molar refractivity (Wildman–Crippen MR) is 117 cm³/mol. The number of amidine groups is 1. The van der Waals surface area contributed by atoms with Gasteiger partial charge in [-0.1, -0.05) is 43.7 Å². The zero-order chi connectivity index (χ0) is 21.2. The molecule has 1 fully saturated rings. The number of hydrogen-bond donors (Lipinski definition) is 1. The molecule has 1 atom stereocenters. The van der Waals surface area contributed by atoms with Crippen LogP contribution in [0, 0.1) is 12.8 Å². The second kappa shape index (κ2) is 8.69. The highest BCUT2D eigenvalue weighted by Gasteiger charge is 2.36. The average molecular weight is 418 g/mol. The molecule has 2 aliphatic rings. The highest BCUT2D eigenvalue weighted by molar-refractivity contribution is 8.00. The van der Waals surface area contributed by atoms with Gasteiger partial charge in [0.15, 0.2) is 0 Å². The van der Waals surface area contributed by atoms with Gasteiger partial charge in [0.25, 0.3) is 10.0 Å². The zero-order valence-electron chi connectivity index (χ0n) is 17.7. The molecule has 1 saturated heterocycles. The van der Waals surface area contributed by atoms with E-state index in [0.717, 1.165) is 17.6 Å². The van der Waals surface area contributed by atoms with Crippen molar-refractivity contribution >= 4 is 26.7 Å². The summed E-state index contributed by atoms with van der Waals surface area (Å²) in [5.74, 6) is 0.639. The smallest absolute Gasteiger partial charge is 0.285 e. The Morgan fingerprint density at radius 1 is 1.21 bits per heavy atom. The molecule has 158 valence electrons. The van der Waals surface area contributed by atoms with E-state index in [0.29, 0.717) is 48.7 Å². The first-order valence-corrected chi connectivity index (χ1v) is 11.9. The lowest BCUT2D eigenvalue weighted by molar-refractivity contribution is -0.126. The average Bonchev–Trinajstić information content (AvgIpc) is 2.99. The van der Waals surface area contributed by atoms with Crippen LogP contribution in [-0.4, -0.2) is 44.2 Å². The number of aryl methyl sites for hydroxylation is 1. The monoisotopic (exact) mass is 417 g/mol. The van der Waals surface area contributed by atoms with Crippen molar-refractivity contribution in [2.45, 2.75) is 59.4 Å². The first-order chi connectivity index (χ1) is 13.8. The van der Waals surface area contributed by atoms with Crippen LogP contribution >= 0.6 is 0 Å². The van der Waals surface area contributed by atoms with E-state index in [4.69, 9.17) is 0 Å². The standard InChI is InChI=1S/C22H31N3O3S/c1-5-16(4)23-22(26)18-11-13-25(14-12-18)21-19(6-2)20(29(27,28)24-21)17-9-7-15(3)8-10-17/h7-10,16,18H,5-6,11-14H2,1-4H3,(H,23,26). The van der Waals surface area contributed by atoms with E-state index in [9.17, 15) is 13.2 Å². The van der Waals surface area contributed by atoms with Crippen molar-refractivity contribution in [1.29, 1.82) is 0 Å². The fraction of sp³-hybridized carbons (Fsp3) is 0.545. The van der Waals surface area contributed by atoms with Crippen LogP contribution < -0.4 is 5.32 Å². The second-order valence-electron chi connectivity index (χ2n) is 8.00. The van der Waals surface area contributed by atoms with Crippen molar-refractivity contribution in [3.63, 3.8) is 0 Å². The molecule has 2 aliphatic heterocycles. The van der Waals surface area contributed by atoms with E-state index in [1.807, 2.05) is 49.9 Å². The molecule has 2 heterocycles. The lowest BCUT2D eigenvalue weighted by atomic mass is 9.94. The van der Waals surface area contributed by atoms with E-state index >= 15 is 0 Å². The van der Waals surface area contributed by atoms with Crippen LogP contribution in [0.3, 0.4) is 0 Å². The SMILES string of the molecule is CCC1=C(c2ccc(C)cc2)S(=O)(=O)N=C1N1CCC(C(=O)NC(C)CC)CC1. The summed E-state index contributed by atoms with van der Waals surface area (Å²) in [6.07, 6.45) is 2.91. The Bertz CT molecular complexity index is 925. The summed E-state index contributed by atoms with van der Waals surface area (Å²) in [7, 11) is -3.72. The van der Waals surface area contributed by atoms with Crippen molar-refractivity contribution in [2.75, 3.05) is 13.1 Å². The minimum Gasteiger partial charge on any atom is -0.356 e. The van der Waals surface area contributed by atoms with Gasteiger partial charge in [-0.2, -0.15) is 8.42 Å². The van der Waals surface area contributed by atoms with Crippen molar-refractivity contribution in [1.82, 2.24) is 10.2 Å². The largest absolute Gasteiger partial charge is 0.356 e. The number of likely N-dealkylation sites (tertiary alicyclic amines) is 1. The molecule has 6 nitrogen and oxygen atoms in total. The van der Waals surface area contributed by atoms with Gasteiger partial charge in [0.05, 0.1) is 0 Å². The van der Waals surface area contributed by atoms with Gasteiger partial charge in [0, 0.05) is 30.6 Å². The summed E-state index contributed by atoms with van der Waals surface area (Å²) < 4.78 is 29.9. The molecule has 1 N–H and O–H groups in total. The maximum Gasteiger partial charge on any atom is 0.285 e. The Kier molecular flexibility index (Phi) is 6.46. The third kappa shape index (κ3) is 4.55. The van der Waals surface area contributed by atoms with Gasteiger partial charge in [-0.3, -0.25) is 4.79 Å². The molecule has 0 bridgehead atoms. The van der Waals surface area contributed by atoms with E-state index in [1.165, 1.54) is 0 Å². The molecular formula is C22H31N3O3S. The molecule has 0 aromatic heterocycles. The molecule has 1 unspecified atom stereocenters. The fourth-order valence-corrected chi connectivity index (χ4v) is 5.41. The van der Waals surface area contributed by atoms with Gasteiger partial charge >= 0.3 is 0 Å². The van der Waals surface area contributed by atoms with E-state index in [-0.39, 0.29) is 17.9 Å². The topological polar surface area (TPSA) is 78.8 Å². The number of piperidine rings is 1. The normalized spacial score (nSPS) is 20.6. The second-order valence-corrected chi connectivity index (χ2v) is 9.54. The summed E-state index contributed by atoms with van der Waals surface area (Å²) >= 11 is 0. The van der Waals surface area contributed by atoms with Gasteiger partial charge in [0.1, 0.15) is 10.7 Å². The molecule has 0 radical (unpaired) electrons. The van der Waals surface area contributed by atoms with Crippen molar-refractivity contribution < 1.29 is 13.2 Å². The first-order valence-electron chi connectivity index (χ1n) is 10.5. The van der Waals surface area contributed by atoms with Gasteiger partial charge in [-0.25, -0.2) is 0 Å². The number of hydrogen-bond acceptors (Lipinski definition) is 4. The molecule has 0 saturated carbocycles. The Balaban J connectivity index is 1.79. The van der Waals surface area contributed by atoms with Crippen LogP contribution in [-0.2, 0) is 14.8 Å². The zero-order valence-corrected chi connectivity index (χ0v) is 18.6. The molecule has 3 rings (SSSR count). The maximum atomic E-state index is 12.9. The highest BCUT2D eigenvalue weighted by atomic mass is 32.2. The van der Waals surface area contributed by atoms with Crippen molar-refractivity contribution in [3.8, 4) is 0 Å².